The molecule has 1 atom stereocenters. The van der Waals surface area contributed by atoms with Gasteiger partial charge in [-0.25, -0.2) is 9.78 Å². The third-order valence-corrected chi connectivity index (χ3v) is 4.81. The van der Waals surface area contributed by atoms with E-state index in [4.69, 9.17) is 27.9 Å². The van der Waals surface area contributed by atoms with E-state index in [1.54, 1.807) is 12.1 Å². The fourth-order valence-electron chi connectivity index (χ4n) is 2.42. The number of rotatable bonds is 5. The molecule has 3 rings (SSSR count). The van der Waals surface area contributed by atoms with Crippen LogP contribution in [0.3, 0.4) is 0 Å². The average molecular weight is 464 g/mol. The third-order valence-electron chi connectivity index (χ3n) is 3.68. The van der Waals surface area contributed by atoms with Gasteiger partial charge in [0, 0.05) is 12.1 Å². The maximum absolute atomic E-state index is 12.1. The molecule has 8 nitrogen and oxygen atoms in total. The summed E-state index contributed by atoms with van der Waals surface area (Å²) in [4.78, 5) is 30.2. The van der Waals surface area contributed by atoms with Gasteiger partial charge in [-0.15, -0.1) is 0 Å². The van der Waals surface area contributed by atoms with Crippen molar-refractivity contribution in [2.24, 2.45) is 7.05 Å². The lowest BCUT2D eigenvalue weighted by molar-refractivity contribution is 0.0929. The molecule has 2 aromatic heterocycles. The first kappa shape index (κ1) is 19.0. The average Bonchev–Trinajstić information content (AvgIpc) is 2.89. The summed E-state index contributed by atoms with van der Waals surface area (Å²) >= 11 is 15.1. The molecule has 11 heteroatoms. The minimum atomic E-state index is -0.966. The summed E-state index contributed by atoms with van der Waals surface area (Å²) in [6.45, 7) is -0.0549. The first-order valence-corrected chi connectivity index (χ1v) is 8.93. The molecule has 0 aliphatic rings. The van der Waals surface area contributed by atoms with E-state index in [0.717, 1.165) is 0 Å². The van der Waals surface area contributed by atoms with Crippen LogP contribution in [-0.4, -0.2) is 36.9 Å². The number of imidazole rings is 1. The molecular formula is C15H13BrCl2N4O4. The van der Waals surface area contributed by atoms with Crippen LogP contribution < -0.4 is 16.0 Å². The Labute approximate surface area is 165 Å². The Balaban J connectivity index is 1.82. The van der Waals surface area contributed by atoms with Crippen LogP contribution in [0.2, 0.25) is 10.0 Å². The first-order valence-electron chi connectivity index (χ1n) is 7.39. The van der Waals surface area contributed by atoms with Gasteiger partial charge in [0.25, 0.3) is 5.56 Å². The highest BCUT2D eigenvalue weighted by atomic mass is 79.9. The second-order valence-corrected chi connectivity index (χ2v) is 7.07. The summed E-state index contributed by atoms with van der Waals surface area (Å²) in [5.41, 5.74) is -0.780. The summed E-state index contributed by atoms with van der Waals surface area (Å²) < 4.78 is 8.48. The lowest BCUT2D eigenvalue weighted by Gasteiger charge is -2.15. The minimum Gasteiger partial charge on any atom is -0.489 e. The van der Waals surface area contributed by atoms with Crippen molar-refractivity contribution in [2.75, 3.05) is 6.61 Å². The summed E-state index contributed by atoms with van der Waals surface area (Å²) in [6, 6.07) is 4.75. The first-order chi connectivity index (χ1) is 12.3. The molecule has 0 aliphatic heterocycles. The quantitative estimate of drug-likeness (QED) is 0.563. The zero-order valence-corrected chi connectivity index (χ0v) is 16.5. The van der Waals surface area contributed by atoms with Gasteiger partial charge in [-0.2, -0.15) is 0 Å². The van der Waals surface area contributed by atoms with Crippen molar-refractivity contribution in [3.63, 3.8) is 0 Å². The number of aryl methyl sites for hydroxylation is 1. The van der Waals surface area contributed by atoms with Crippen LogP contribution in [0.15, 0.2) is 32.5 Å². The summed E-state index contributed by atoms with van der Waals surface area (Å²) in [6.07, 6.45) is -0.966. The molecular weight excluding hydrogens is 451 g/mol. The molecule has 0 radical (unpaired) electrons. The number of ether oxygens (including phenoxy) is 1. The number of aromatic amines is 1. The minimum absolute atomic E-state index is 0.0174. The molecule has 0 fully saturated rings. The molecule has 0 saturated heterocycles. The van der Waals surface area contributed by atoms with Crippen molar-refractivity contribution in [1.29, 1.82) is 0 Å². The van der Waals surface area contributed by atoms with Crippen LogP contribution in [0.25, 0.3) is 11.2 Å². The highest BCUT2D eigenvalue weighted by Gasteiger charge is 2.18. The van der Waals surface area contributed by atoms with Crippen molar-refractivity contribution in [2.45, 2.75) is 12.6 Å². The number of fused-ring (bicyclic) bond motifs is 1. The fourth-order valence-corrected chi connectivity index (χ4v) is 3.37. The number of hydrogen-bond donors (Lipinski definition) is 2. The summed E-state index contributed by atoms with van der Waals surface area (Å²) in [7, 11) is 1.49. The third kappa shape index (κ3) is 3.66. The van der Waals surface area contributed by atoms with Crippen molar-refractivity contribution in [3.05, 3.63) is 53.8 Å². The molecule has 2 N–H and O–H groups in total. The SMILES string of the molecule is Cn1c(=O)[nH]c(=O)c2c1nc(Br)n2C[C@@H](O)COc1ccc(Cl)cc1Cl. The number of hydrogen-bond acceptors (Lipinski definition) is 5. The largest absolute Gasteiger partial charge is 0.489 e. The molecule has 0 saturated carbocycles. The van der Waals surface area contributed by atoms with Crippen LogP contribution >= 0.6 is 39.1 Å². The van der Waals surface area contributed by atoms with Crippen LogP contribution in [0.1, 0.15) is 0 Å². The van der Waals surface area contributed by atoms with Crippen LogP contribution in [0.5, 0.6) is 5.75 Å². The van der Waals surface area contributed by atoms with Crippen molar-refractivity contribution < 1.29 is 9.84 Å². The van der Waals surface area contributed by atoms with E-state index in [0.29, 0.717) is 20.5 Å². The van der Waals surface area contributed by atoms with E-state index in [1.165, 1.54) is 22.2 Å². The van der Waals surface area contributed by atoms with Gasteiger partial charge in [0.05, 0.1) is 11.6 Å². The van der Waals surface area contributed by atoms with E-state index in [1.807, 2.05) is 0 Å². The molecule has 0 aliphatic carbocycles. The van der Waals surface area contributed by atoms with Crippen molar-refractivity contribution in [3.8, 4) is 5.75 Å². The van der Waals surface area contributed by atoms with E-state index < -0.39 is 17.4 Å². The molecule has 0 unspecified atom stereocenters. The zero-order chi connectivity index (χ0) is 19.0. The summed E-state index contributed by atoms with van der Waals surface area (Å²) in [5.74, 6) is 0.380. The monoisotopic (exact) mass is 462 g/mol. The highest BCUT2D eigenvalue weighted by molar-refractivity contribution is 9.10. The van der Waals surface area contributed by atoms with Gasteiger partial charge in [-0.05, 0) is 34.1 Å². The number of aliphatic hydroxyl groups excluding tert-OH is 1. The molecule has 0 spiro atoms. The maximum atomic E-state index is 12.1. The van der Waals surface area contributed by atoms with E-state index in [9.17, 15) is 14.7 Å². The van der Waals surface area contributed by atoms with Gasteiger partial charge in [-0.1, -0.05) is 23.2 Å². The zero-order valence-electron chi connectivity index (χ0n) is 13.4. The maximum Gasteiger partial charge on any atom is 0.329 e. The van der Waals surface area contributed by atoms with Crippen LogP contribution in [0, 0.1) is 0 Å². The Morgan fingerprint density at radius 2 is 2.12 bits per heavy atom. The standard InChI is InChI=1S/C15H13BrCl2N4O4/c1-21-12-11(13(24)20-15(21)25)22(14(16)19-12)5-8(23)6-26-10-3-2-7(17)4-9(10)18/h2-4,8,23H,5-6H2,1H3,(H,20,24,25)/t8-/m1/s1. The van der Waals surface area contributed by atoms with E-state index >= 15 is 0 Å². The van der Waals surface area contributed by atoms with Gasteiger partial charge in [0.15, 0.2) is 15.9 Å². The van der Waals surface area contributed by atoms with Crippen molar-refractivity contribution >= 4 is 50.3 Å². The van der Waals surface area contributed by atoms with E-state index in [-0.39, 0.29) is 24.3 Å². The smallest absolute Gasteiger partial charge is 0.329 e. The molecule has 2 heterocycles. The Morgan fingerprint density at radius 3 is 2.81 bits per heavy atom. The number of aliphatic hydroxyl groups is 1. The molecule has 3 aromatic rings. The van der Waals surface area contributed by atoms with Crippen molar-refractivity contribution in [1.82, 2.24) is 19.1 Å². The number of nitrogens with zero attached hydrogens (tertiary/aromatic N) is 3. The lowest BCUT2D eigenvalue weighted by Crippen LogP contribution is -2.30. The second-order valence-electron chi connectivity index (χ2n) is 5.52. The number of halogens is 3. The Bertz CT molecular complexity index is 1090. The molecule has 26 heavy (non-hydrogen) atoms. The van der Waals surface area contributed by atoms with Crippen LogP contribution in [-0.2, 0) is 13.6 Å². The summed E-state index contributed by atoms with van der Waals surface area (Å²) in [5, 5.41) is 11.1. The lowest BCUT2D eigenvalue weighted by atomic mass is 10.3. The van der Waals surface area contributed by atoms with Gasteiger partial charge in [0.1, 0.15) is 18.5 Å². The second kappa shape index (κ2) is 7.43. The van der Waals surface area contributed by atoms with E-state index in [2.05, 4.69) is 25.9 Å². The van der Waals surface area contributed by atoms with Gasteiger partial charge in [0.2, 0.25) is 0 Å². The Hall–Kier alpha value is -1.81. The Morgan fingerprint density at radius 1 is 1.38 bits per heavy atom. The van der Waals surface area contributed by atoms with Gasteiger partial charge in [-0.3, -0.25) is 14.3 Å². The molecule has 138 valence electrons. The molecule has 0 bridgehead atoms. The predicted octanol–water partition coefficient (Wildman–Crippen LogP) is 1.93. The fraction of sp³-hybridized carbons (Fsp3) is 0.267. The topological polar surface area (TPSA) is 102 Å². The molecule has 0 amide bonds. The molecule has 1 aromatic carbocycles. The number of aromatic nitrogens is 4. The highest BCUT2D eigenvalue weighted by Crippen LogP contribution is 2.27. The predicted molar refractivity (Wildman–Crippen MR) is 101 cm³/mol. The number of H-pyrrole nitrogens is 1. The number of nitrogens with one attached hydrogen (secondary N) is 1. The number of benzene rings is 1. The van der Waals surface area contributed by atoms with Gasteiger partial charge >= 0.3 is 5.69 Å². The normalized spacial score (nSPS) is 12.5. The van der Waals surface area contributed by atoms with Crippen LogP contribution in [0.4, 0.5) is 0 Å². The Kier molecular flexibility index (Phi) is 5.42. The van der Waals surface area contributed by atoms with Gasteiger partial charge < -0.3 is 14.4 Å².